The van der Waals surface area contributed by atoms with Gasteiger partial charge in [0.1, 0.15) is 5.75 Å². The van der Waals surface area contributed by atoms with Gasteiger partial charge in [0.15, 0.2) is 11.0 Å². The first kappa shape index (κ1) is 15.6. The summed E-state index contributed by atoms with van der Waals surface area (Å²) in [5.41, 5.74) is 2.19. The summed E-state index contributed by atoms with van der Waals surface area (Å²) < 4.78 is 7.38. The van der Waals surface area contributed by atoms with Gasteiger partial charge in [0.05, 0.1) is 13.4 Å². The Morgan fingerprint density at radius 2 is 2.04 bits per heavy atom. The van der Waals surface area contributed by atoms with Crippen LogP contribution in [0, 0.1) is 0 Å². The van der Waals surface area contributed by atoms with E-state index in [9.17, 15) is 0 Å². The standard InChI is InChI=1S/C16H19N5OS/c1-22-14-7-5-12(6-8-14)15-19-20-16(23-2)21(15)9-3-4-13-10-17-11-18-13/h5-8,10-11H,3-4,9H2,1-2H3,(H,17,18). The fourth-order valence-corrected chi connectivity index (χ4v) is 2.96. The molecule has 0 aliphatic carbocycles. The molecule has 0 spiro atoms. The molecule has 0 unspecified atom stereocenters. The number of ether oxygens (including phenoxy) is 1. The summed E-state index contributed by atoms with van der Waals surface area (Å²) in [5, 5.41) is 9.58. The molecule has 6 nitrogen and oxygen atoms in total. The quantitative estimate of drug-likeness (QED) is 0.675. The molecule has 0 aliphatic heterocycles. The Balaban J connectivity index is 1.78. The van der Waals surface area contributed by atoms with Gasteiger partial charge >= 0.3 is 0 Å². The van der Waals surface area contributed by atoms with Gasteiger partial charge in [-0.1, -0.05) is 11.8 Å². The van der Waals surface area contributed by atoms with E-state index < -0.39 is 0 Å². The first-order valence-corrected chi connectivity index (χ1v) is 8.63. The van der Waals surface area contributed by atoms with Crippen molar-refractivity contribution in [3.05, 3.63) is 42.5 Å². The van der Waals surface area contributed by atoms with Crippen molar-refractivity contribution in [3.63, 3.8) is 0 Å². The summed E-state index contributed by atoms with van der Waals surface area (Å²) in [6, 6.07) is 7.91. The fraction of sp³-hybridized carbons (Fsp3) is 0.312. The number of aromatic amines is 1. The van der Waals surface area contributed by atoms with E-state index in [1.807, 2.05) is 36.7 Å². The molecule has 0 bridgehead atoms. The Bertz CT molecular complexity index is 736. The summed E-state index contributed by atoms with van der Waals surface area (Å²) in [4.78, 5) is 7.18. The van der Waals surface area contributed by atoms with Crippen molar-refractivity contribution in [3.8, 4) is 17.1 Å². The summed E-state index contributed by atoms with van der Waals surface area (Å²) in [6.45, 7) is 0.865. The Morgan fingerprint density at radius 1 is 1.22 bits per heavy atom. The van der Waals surface area contributed by atoms with Crippen LogP contribution < -0.4 is 4.74 Å². The normalized spacial score (nSPS) is 10.9. The van der Waals surface area contributed by atoms with Gasteiger partial charge in [-0.15, -0.1) is 10.2 Å². The highest BCUT2D eigenvalue weighted by Crippen LogP contribution is 2.25. The number of thioether (sulfide) groups is 1. The number of benzene rings is 1. The molecule has 2 aromatic heterocycles. The highest BCUT2D eigenvalue weighted by Gasteiger charge is 2.13. The van der Waals surface area contributed by atoms with E-state index in [4.69, 9.17) is 4.74 Å². The molecule has 1 aromatic carbocycles. The van der Waals surface area contributed by atoms with Crippen LogP contribution in [-0.2, 0) is 13.0 Å². The molecular formula is C16H19N5OS. The lowest BCUT2D eigenvalue weighted by atomic mass is 10.2. The van der Waals surface area contributed by atoms with Crippen LogP contribution in [0.5, 0.6) is 5.75 Å². The van der Waals surface area contributed by atoms with Crippen LogP contribution in [0.25, 0.3) is 11.4 Å². The zero-order chi connectivity index (χ0) is 16.1. The summed E-state index contributed by atoms with van der Waals surface area (Å²) in [6.07, 6.45) is 7.55. The third-order valence-corrected chi connectivity index (χ3v) is 4.30. The molecule has 0 radical (unpaired) electrons. The van der Waals surface area contributed by atoms with Crippen molar-refractivity contribution in [2.75, 3.05) is 13.4 Å². The third kappa shape index (κ3) is 3.56. The molecule has 120 valence electrons. The van der Waals surface area contributed by atoms with E-state index >= 15 is 0 Å². The minimum Gasteiger partial charge on any atom is -0.497 e. The predicted octanol–water partition coefficient (Wildman–Crippen LogP) is 3.03. The van der Waals surface area contributed by atoms with E-state index in [1.54, 1.807) is 25.2 Å². The average Bonchev–Trinajstić information content (AvgIpc) is 3.24. The van der Waals surface area contributed by atoms with Crippen LogP contribution >= 0.6 is 11.8 Å². The van der Waals surface area contributed by atoms with Gasteiger partial charge in [0, 0.05) is 24.0 Å². The number of nitrogens with one attached hydrogen (secondary N) is 1. The number of methoxy groups -OCH3 is 1. The lowest BCUT2D eigenvalue weighted by Crippen LogP contribution is -2.04. The maximum atomic E-state index is 5.21. The number of nitrogens with zero attached hydrogens (tertiary/aromatic N) is 4. The molecular weight excluding hydrogens is 310 g/mol. The first-order valence-electron chi connectivity index (χ1n) is 7.40. The Hall–Kier alpha value is -2.28. The molecule has 2 heterocycles. The summed E-state index contributed by atoms with van der Waals surface area (Å²) >= 11 is 1.61. The Morgan fingerprint density at radius 3 is 2.70 bits per heavy atom. The van der Waals surface area contributed by atoms with Gasteiger partial charge in [0.25, 0.3) is 0 Å². The largest absolute Gasteiger partial charge is 0.497 e. The minimum absolute atomic E-state index is 0.837. The van der Waals surface area contributed by atoms with Crippen LogP contribution in [0.2, 0.25) is 0 Å². The van der Waals surface area contributed by atoms with Crippen LogP contribution in [0.15, 0.2) is 41.9 Å². The van der Waals surface area contributed by atoms with E-state index in [2.05, 4.69) is 24.7 Å². The van der Waals surface area contributed by atoms with Crippen LogP contribution in [0.1, 0.15) is 12.1 Å². The second-order valence-corrected chi connectivity index (χ2v) is 5.84. The van der Waals surface area contributed by atoms with Crippen molar-refractivity contribution < 1.29 is 4.74 Å². The lowest BCUT2D eigenvalue weighted by molar-refractivity contribution is 0.415. The Labute approximate surface area is 139 Å². The molecule has 3 aromatic rings. The summed E-state index contributed by atoms with van der Waals surface area (Å²) in [7, 11) is 1.67. The van der Waals surface area contributed by atoms with Gasteiger partial charge in [-0.25, -0.2) is 4.98 Å². The van der Waals surface area contributed by atoms with Crippen LogP contribution in [0.4, 0.5) is 0 Å². The molecule has 3 rings (SSSR count). The number of hydrogen-bond acceptors (Lipinski definition) is 5. The van der Waals surface area contributed by atoms with Crippen molar-refractivity contribution in [2.24, 2.45) is 0 Å². The van der Waals surface area contributed by atoms with Gasteiger partial charge in [-0.05, 0) is 43.4 Å². The van der Waals surface area contributed by atoms with Gasteiger partial charge in [0.2, 0.25) is 0 Å². The zero-order valence-electron chi connectivity index (χ0n) is 13.2. The molecule has 0 atom stereocenters. The number of aromatic nitrogens is 5. The number of aryl methyl sites for hydroxylation is 1. The zero-order valence-corrected chi connectivity index (χ0v) is 14.0. The fourth-order valence-electron chi connectivity index (χ4n) is 2.44. The topological polar surface area (TPSA) is 68.6 Å². The van der Waals surface area contributed by atoms with Crippen molar-refractivity contribution >= 4 is 11.8 Å². The second kappa shape index (κ2) is 7.32. The van der Waals surface area contributed by atoms with Crippen molar-refractivity contribution in [1.82, 2.24) is 24.7 Å². The van der Waals surface area contributed by atoms with E-state index in [1.165, 1.54) is 0 Å². The van der Waals surface area contributed by atoms with E-state index in [0.29, 0.717) is 0 Å². The van der Waals surface area contributed by atoms with E-state index in [-0.39, 0.29) is 0 Å². The number of H-pyrrole nitrogens is 1. The molecule has 0 saturated heterocycles. The SMILES string of the molecule is COc1ccc(-c2nnc(SC)n2CCCc2cnc[nH]2)cc1. The maximum absolute atomic E-state index is 5.21. The molecule has 7 heteroatoms. The first-order chi connectivity index (χ1) is 11.3. The van der Waals surface area contributed by atoms with E-state index in [0.717, 1.165) is 47.4 Å². The highest BCUT2D eigenvalue weighted by atomic mass is 32.2. The monoisotopic (exact) mass is 329 g/mol. The smallest absolute Gasteiger partial charge is 0.191 e. The van der Waals surface area contributed by atoms with Crippen molar-refractivity contribution in [1.29, 1.82) is 0 Å². The van der Waals surface area contributed by atoms with Gasteiger partial charge in [-0.3, -0.25) is 0 Å². The number of hydrogen-bond donors (Lipinski definition) is 1. The molecule has 0 amide bonds. The average molecular weight is 329 g/mol. The lowest BCUT2D eigenvalue weighted by Gasteiger charge is -2.09. The molecule has 0 aliphatic rings. The molecule has 1 N–H and O–H groups in total. The number of rotatable bonds is 7. The molecule has 0 saturated carbocycles. The highest BCUT2D eigenvalue weighted by molar-refractivity contribution is 7.98. The molecule has 0 fully saturated rings. The Kier molecular flexibility index (Phi) is 4.97. The second-order valence-electron chi connectivity index (χ2n) is 5.07. The maximum Gasteiger partial charge on any atom is 0.191 e. The minimum atomic E-state index is 0.837. The molecule has 23 heavy (non-hydrogen) atoms. The predicted molar refractivity (Wildman–Crippen MR) is 90.7 cm³/mol. The van der Waals surface area contributed by atoms with Gasteiger partial charge < -0.3 is 14.3 Å². The van der Waals surface area contributed by atoms with Gasteiger partial charge in [-0.2, -0.15) is 0 Å². The van der Waals surface area contributed by atoms with Crippen LogP contribution in [0.3, 0.4) is 0 Å². The number of imidazole rings is 1. The summed E-state index contributed by atoms with van der Waals surface area (Å²) in [5.74, 6) is 1.73. The van der Waals surface area contributed by atoms with Crippen LogP contribution in [-0.4, -0.2) is 38.1 Å². The third-order valence-electron chi connectivity index (χ3n) is 3.63. The van der Waals surface area contributed by atoms with Crippen molar-refractivity contribution in [2.45, 2.75) is 24.5 Å².